The minimum Gasteiger partial charge on any atom is -0.497 e. The van der Waals surface area contributed by atoms with Gasteiger partial charge in [0, 0.05) is 18.5 Å². The molecule has 1 unspecified atom stereocenters. The molecule has 0 radical (unpaired) electrons. The maximum absolute atomic E-state index is 9.64. The van der Waals surface area contributed by atoms with E-state index in [0.717, 1.165) is 11.3 Å². The highest BCUT2D eigenvalue weighted by molar-refractivity contribution is 5.27. The van der Waals surface area contributed by atoms with Gasteiger partial charge in [0.05, 0.1) is 25.9 Å². The van der Waals surface area contributed by atoms with E-state index in [1.54, 1.807) is 7.11 Å². The van der Waals surface area contributed by atoms with Crippen molar-refractivity contribution < 1.29 is 20.1 Å². The molecule has 1 saturated carbocycles. The summed E-state index contributed by atoms with van der Waals surface area (Å²) in [7, 11) is 1.63. The Morgan fingerprint density at radius 3 is 2.30 bits per heavy atom. The predicted octanol–water partition coefficient (Wildman–Crippen LogP) is 0.279. The highest BCUT2D eigenvalue weighted by Gasteiger charge is 2.43. The average molecular weight is 281 g/mol. The van der Waals surface area contributed by atoms with E-state index >= 15 is 0 Å². The number of benzene rings is 1. The van der Waals surface area contributed by atoms with Crippen molar-refractivity contribution in [2.45, 2.75) is 31.6 Å². The van der Waals surface area contributed by atoms with Crippen molar-refractivity contribution in [3.63, 3.8) is 0 Å². The summed E-state index contributed by atoms with van der Waals surface area (Å²) in [4.78, 5) is 0. The van der Waals surface area contributed by atoms with Gasteiger partial charge >= 0.3 is 0 Å². The van der Waals surface area contributed by atoms with Crippen LogP contribution in [-0.2, 0) is 6.54 Å². The number of methoxy groups -OCH3 is 1. The maximum atomic E-state index is 9.64. The summed E-state index contributed by atoms with van der Waals surface area (Å²) >= 11 is 0. The molecule has 0 heterocycles. The van der Waals surface area contributed by atoms with Crippen LogP contribution in [0, 0.1) is 5.41 Å². The molecule has 0 bridgehead atoms. The summed E-state index contributed by atoms with van der Waals surface area (Å²) in [5.74, 6) is 0.822. The van der Waals surface area contributed by atoms with E-state index in [1.807, 2.05) is 24.3 Å². The highest BCUT2D eigenvalue weighted by Crippen LogP contribution is 2.37. The van der Waals surface area contributed by atoms with Crippen LogP contribution in [-0.4, -0.2) is 47.8 Å². The van der Waals surface area contributed by atoms with E-state index in [4.69, 9.17) is 4.74 Å². The van der Waals surface area contributed by atoms with Gasteiger partial charge in [0.15, 0.2) is 0 Å². The van der Waals surface area contributed by atoms with Crippen molar-refractivity contribution in [1.82, 2.24) is 5.32 Å². The van der Waals surface area contributed by atoms with Crippen LogP contribution in [0.4, 0.5) is 0 Å². The molecular formula is C15H23NO4. The molecule has 5 nitrogen and oxygen atoms in total. The molecule has 2 rings (SSSR count). The third-order valence-electron chi connectivity index (χ3n) is 4.05. The standard InChI is InChI=1S/C15H23NO4/c1-20-12-4-2-11(3-5-12)8-16-9-15(10-17)6-13(18)14(19)7-15/h2-5,13-14,16-19H,6-10H2,1H3/t13-,14+,15?. The van der Waals surface area contributed by atoms with Gasteiger partial charge in [-0.2, -0.15) is 0 Å². The van der Waals surface area contributed by atoms with Crippen molar-refractivity contribution in [3.05, 3.63) is 29.8 Å². The Morgan fingerprint density at radius 1 is 1.20 bits per heavy atom. The number of aliphatic hydroxyl groups is 3. The molecule has 0 saturated heterocycles. The van der Waals surface area contributed by atoms with E-state index in [1.165, 1.54) is 0 Å². The fourth-order valence-corrected chi connectivity index (χ4v) is 2.79. The molecule has 1 fully saturated rings. The van der Waals surface area contributed by atoms with Crippen LogP contribution in [0.5, 0.6) is 5.75 Å². The van der Waals surface area contributed by atoms with Crippen LogP contribution in [0.25, 0.3) is 0 Å². The summed E-state index contributed by atoms with van der Waals surface area (Å²) in [5, 5.41) is 32.1. The lowest BCUT2D eigenvalue weighted by molar-refractivity contribution is 0.0438. The van der Waals surface area contributed by atoms with E-state index in [2.05, 4.69) is 5.32 Å². The normalized spacial score (nSPS) is 29.6. The van der Waals surface area contributed by atoms with Gasteiger partial charge in [-0.15, -0.1) is 0 Å². The zero-order chi connectivity index (χ0) is 14.6. The SMILES string of the molecule is COc1ccc(CNCC2(CO)C[C@@H](O)[C@@H](O)C2)cc1. The number of ether oxygens (including phenoxy) is 1. The molecule has 0 amide bonds. The van der Waals surface area contributed by atoms with Crippen LogP contribution in [0.3, 0.4) is 0 Å². The van der Waals surface area contributed by atoms with Crippen molar-refractivity contribution in [1.29, 1.82) is 0 Å². The van der Waals surface area contributed by atoms with Crippen molar-refractivity contribution in [3.8, 4) is 5.75 Å². The second kappa shape index (κ2) is 6.54. The molecule has 0 spiro atoms. The number of rotatable bonds is 6. The molecule has 5 heteroatoms. The van der Waals surface area contributed by atoms with E-state index in [0.29, 0.717) is 25.9 Å². The maximum Gasteiger partial charge on any atom is 0.118 e. The number of hydrogen-bond donors (Lipinski definition) is 4. The lowest BCUT2D eigenvalue weighted by Crippen LogP contribution is -2.35. The Morgan fingerprint density at radius 2 is 1.80 bits per heavy atom. The van der Waals surface area contributed by atoms with Crippen molar-refractivity contribution >= 4 is 0 Å². The topological polar surface area (TPSA) is 82.0 Å². The lowest BCUT2D eigenvalue weighted by atomic mass is 9.87. The summed E-state index contributed by atoms with van der Waals surface area (Å²) in [6, 6.07) is 7.77. The van der Waals surface area contributed by atoms with Gasteiger partial charge in [0.1, 0.15) is 5.75 Å². The smallest absolute Gasteiger partial charge is 0.118 e. The zero-order valence-electron chi connectivity index (χ0n) is 11.7. The molecule has 0 aromatic heterocycles. The van der Waals surface area contributed by atoms with Crippen LogP contribution in [0.1, 0.15) is 18.4 Å². The Kier molecular flexibility index (Phi) is 4.99. The Labute approximate surface area is 119 Å². The van der Waals surface area contributed by atoms with Gasteiger partial charge < -0.3 is 25.4 Å². The minimum atomic E-state index is -0.732. The Balaban J connectivity index is 1.85. The number of aliphatic hydroxyl groups excluding tert-OH is 3. The molecule has 0 aliphatic heterocycles. The number of nitrogens with one attached hydrogen (secondary N) is 1. The van der Waals surface area contributed by atoms with Gasteiger partial charge in [-0.05, 0) is 30.5 Å². The average Bonchev–Trinajstić information content (AvgIpc) is 2.75. The van der Waals surface area contributed by atoms with Gasteiger partial charge in [0.2, 0.25) is 0 Å². The van der Waals surface area contributed by atoms with Gasteiger partial charge in [0.25, 0.3) is 0 Å². The molecule has 1 aromatic rings. The lowest BCUT2D eigenvalue weighted by Gasteiger charge is -2.26. The number of hydrogen-bond acceptors (Lipinski definition) is 5. The van der Waals surface area contributed by atoms with Crippen LogP contribution in [0.2, 0.25) is 0 Å². The molecule has 3 atom stereocenters. The second-order valence-electron chi connectivity index (χ2n) is 5.65. The van der Waals surface area contributed by atoms with Crippen LogP contribution < -0.4 is 10.1 Å². The summed E-state index contributed by atoms with van der Waals surface area (Å²) in [6.45, 7) is 1.22. The largest absolute Gasteiger partial charge is 0.497 e. The molecule has 1 aromatic carbocycles. The molecule has 112 valence electrons. The molecule has 4 N–H and O–H groups in total. The molecular weight excluding hydrogens is 258 g/mol. The summed E-state index contributed by atoms with van der Waals surface area (Å²) < 4.78 is 5.10. The van der Waals surface area contributed by atoms with E-state index in [-0.39, 0.29) is 6.61 Å². The molecule has 1 aliphatic carbocycles. The van der Waals surface area contributed by atoms with Gasteiger partial charge in [-0.25, -0.2) is 0 Å². The predicted molar refractivity (Wildman–Crippen MR) is 75.5 cm³/mol. The summed E-state index contributed by atoms with van der Waals surface area (Å²) in [6.07, 6.45) is -0.601. The highest BCUT2D eigenvalue weighted by atomic mass is 16.5. The minimum absolute atomic E-state index is 0.0310. The fraction of sp³-hybridized carbons (Fsp3) is 0.600. The van der Waals surface area contributed by atoms with Crippen LogP contribution >= 0.6 is 0 Å². The Hall–Kier alpha value is -1.14. The first-order valence-corrected chi connectivity index (χ1v) is 6.89. The first-order chi connectivity index (χ1) is 9.58. The van der Waals surface area contributed by atoms with E-state index in [9.17, 15) is 15.3 Å². The van der Waals surface area contributed by atoms with Crippen LogP contribution in [0.15, 0.2) is 24.3 Å². The van der Waals surface area contributed by atoms with Crippen molar-refractivity contribution in [2.24, 2.45) is 5.41 Å². The fourth-order valence-electron chi connectivity index (χ4n) is 2.79. The third kappa shape index (κ3) is 3.49. The third-order valence-corrected chi connectivity index (χ3v) is 4.05. The zero-order valence-corrected chi connectivity index (χ0v) is 11.7. The molecule has 1 aliphatic rings. The first kappa shape index (κ1) is 15.3. The van der Waals surface area contributed by atoms with E-state index < -0.39 is 17.6 Å². The summed E-state index contributed by atoms with van der Waals surface area (Å²) in [5.41, 5.74) is 0.698. The molecule has 20 heavy (non-hydrogen) atoms. The van der Waals surface area contributed by atoms with Gasteiger partial charge in [-0.3, -0.25) is 0 Å². The first-order valence-electron chi connectivity index (χ1n) is 6.89. The second-order valence-corrected chi connectivity index (χ2v) is 5.65. The quantitative estimate of drug-likeness (QED) is 0.602. The monoisotopic (exact) mass is 281 g/mol. The Bertz CT molecular complexity index is 410. The van der Waals surface area contributed by atoms with Gasteiger partial charge in [-0.1, -0.05) is 12.1 Å². The van der Waals surface area contributed by atoms with Crippen molar-refractivity contribution in [2.75, 3.05) is 20.3 Å².